The minimum atomic E-state index is -3.54. The van der Waals surface area contributed by atoms with E-state index in [4.69, 9.17) is 0 Å². The number of carbonyl (C=O) groups is 1. The van der Waals surface area contributed by atoms with Gasteiger partial charge in [0.15, 0.2) is 0 Å². The molecule has 0 atom stereocenters. The zero-order valence-electron chi connectivity index (χ0n) is 15.4. The second-order valence-electron chi connectivity index (χ2n) is 6.50. The van der Waals surface area contributed by atoms with Crippen LogP contribution in [0.4, 0.5) is 0 Å². The number of piperazine rings is 1. The molecule has 1 fully saturated rings. The maximum atomic E-state index is 12.9. The molecule has 0 bridgehead atoms. The molecule has 6 nitrogen and oxygen atoms in total. The van der Waals surface area contributed by atoms with Gasteiger partial charge in [-0.15, -0.1) is 12.4 Å². The number of carbonyl (C=O) groups excluding carboxylic acids is 1. The third kappa shape index (κ3) is 4.99. The molecule has 1 saturated heterocycles. The first-order valence-corrected chi connectivity index (χ1v) is 10.4. The van der Waals surface area contributed by atoms with Crippen LogP contribution in [0.2, 0.25) is 0 Å². The van der Waals surface area contributed by atoms with Gasteiger partial charge in [0, 0.05) is 32.6 Å². The molecule has 1 amide bonds. The molecule has 0 unspecified atom stereocenters. The van der Waals surface area contributed by atoms with E-state index in [-0.39, 0.29) is 18.3 Å². The Morgan fingerprint density at radius 2 is 1.70 bits per heavy atom. The van der Waals surface area contributed by atoms with Crippen molar-refractivity contribution in [3.63, 3.8) is 0 Å². The Bertz CT molecular complexity index is 881. The maximum Gasteiger partial charge on any atom is 0.243 e. The zero-order chi connectivity index (χ0) is 18.6. The largest absolute Gasteiger partial charge is 0.340 e. The SMILES string of the molecule is CNCCCC(=O)N1CCN(S(=O)(=O)c2ccc3ccccc3c2)CC1.Cl. The van der Waals surface area contributed by atoms with Gasteiger partial charge in [0.2, 0.25) is 15.9 Å². The van der Waals surface area contributed by atoms with Crippen LogP contribution in [0, 0.1) is 0 Å². The van der Waals surface area contributed by atoms with Crippen LogP contribution in [0.15, 0.2) is 47.4 Å². The lowest BCUT2D eigenvalue weighted by Crippen LogP contribution is -2.50. The number of nitrogens with one attached hydrogen (secondary N) is 1. The van der Waals surface area contributed by atoms with Gasteiger partial charge >= 0.3 is 0 Å². The minimum absolute atomic E-state index is 0. The number of amides is 1. The van der Waals surface area contributed by atoms with Gasteiger partial charge in [-0.05, 0) is 42.9 Å². The summed E-state index contributed by atoms with van der Waals surface area (Å²) >= 11 is 0. The van der Waals surface area contributed by atoms with Gasteiger partial charge in [0.25, 0.3) is 0 Å². The molecule has 3 rings (SSSR count). The van der Waals surface area contributed by atoms with Crippen molar-refractivity contribution in [2.75, 3.05) is 39.8 Å². The highest BCUT2D eigenvalue weighted by molar-refractivity contribution is 7.89. The lowest BCUT2D eigenvalue weighted by molar-refractivity contribution is -0.132. The fourth-order valence-corrected chi connectivity index (χ4v) is 4.69. The molecule has 0 aromatic heterocycles. The second kappa shape index (κ2) is 9.50. The molecule has 1 aliphatic rings. The highest BCUT2D eigenvalue weighted by Crippen LogP contribution is 2.23. The van der Waals surface area contributed by atoms with Gasteiger partial charge in [-0.1, -0.05) is 30.3 Å². The van der Waals surface area contributed by atoms with Crippen LogP contribution in [0.3, 0.4) is 0 Å². The third-order valence-corrected chi connectivity index (χ3v) is 6.66. The second-order valence-corrected chi connectivity index (χ2v) is 8.44. The summed E-state index contributed by atoms with van der Waals surface area (Å²) in [7, 11) is -1.68. The molecule has 1 aliphatic heterocycles. The van der Waals surface area contributed by atoms with E-state index in [0.717, 1.165) is 23.7 Å². The van der Waals surface area contributed by atoms with Gasteiger partial charge in [-0.2, -0.15) is 4.31 Å². The van der Waals surface area contributed by atoms with Crippen LogP contribution in [-0.2, 0) is 14.8 Å². The summed E-state index contributed by atoms with van der Waals surface area (Å²) in [6.07, 6.45) is 1.29. The van der Waals surface area contributed by atoms with Crippen LogP contribution < -0.4 is 5.32 Å². The minimum Gasteiger partial charge on any atom is -0.340 e. The Hall–Kier alpha value is -1.67. The van der Waals surface area contributed by atoms with Gasteiger partial charge in [-0.3, -0.25) is 4.79 Å². The number of fused-ring (bicyclic) bond motifs is 1. The van der Waals surface area contributed by atoms with Crippen LogP contribution in [-0.4, -0.2) is 63.3 Å². The van der Waals surface area contributed by atoms with E-state index in [1.165, 1.54) is 4.31 Å². The number of rotatable bonds is 6. The van der Waals surface area contributed by atoms with E-state index < -0.39 is 10.0 Å². The number of benzene rings is 2. The smallest absolute Gasteiger partial charge is 0.243 e. The van der Waals surface area contributed by atoms with E-state index in [1.807, 2.05) is 37.4 Å². The molecular weight excluding hydrogens is 386 g/mol. The van der Waals surface area contributed by atoms with Gasteiger partial charge in [0.05, 0.1) is 4.90 Å². The molecule has 8 heteroatoms. The van der Waals surface area contributed by atoms with E-state index in [0.29, 0.717) is 37.5 Å². The topological polar surface area (TPSA) is 69.7 Å². The number of halogens is 1. The molecule has 2 aromatic carbocycles. The van der Waals surface area contributed by atoms with Crippen LogP contribution >= 0.6 is 12.4 Å². The van der Waals surface area contributed by atoms with Crippen molar-refractivity contribution >= 4 is 39.1 Å². The molecule has 0 aliphatic carbocycles. The van der Waals surface area contributed by atoms with Crippen molar-refractivity contribution in [2.24, 2.45) is 0 Å². The summed E-state index contributed by atoms with van der Waals surface area (Å²) in [5, 5.41) is 4.95. The predicted octanol–water partition coefficient (Wildman–Crippen LogP) is 2.09. The van der Waals surface area contributed by atoms with E-state index in [9.17, 15) is 13.2 Å². The molecule has 1 N–H and O–H groups in total. The Labute approximate surface area is 167 Å². The molecule has 0 spiro atoms. The fourth-order valence-electron chi connectivity index (χ4n) is 3.23. The Kier molecular flexibility index (Phi) is 7.61. The standard InChI is InChI=1S/C19H25N3O3S.ClH/c1-20-10-4-7-19(23)21-11-13-22(14-12-21)26(24,25)18-9-8-16-5-2-3-6-17(16)15-18;/h2-3,5-6,8-9,15,20H,4,7,10-14H2,1H3;1H. The molecule has 0 radical (unpaired) electrons. The van der Waals surface area contributed by atoms with Crippen LogP contribution in [0.1, 0.15) is 12.8 Å². The normalized spacial score (nSPS) is 15.5. The monoisotopic (exact) mass is 411 g/mol. The fraction of sp³-hybridized carbons (Fsp3) is 0.421. The van der Waals surface area contributed by atoms with Gasteiger partial charge in [-0.25, -0.2) is 8.42 Å². The summed E-state index contributed by atoms with van der Waals surface area (Å²) in [4.78, 5) is 14.3. The van der Waals surface area contributed by atoms with Gasteiger partial charge < -0.3 is 10.2 Å². The van der Waals surface area contributed by atoms with Crippen LogP contribution in [0.5, 0.6) is 0 Å². The Balaban J connectivity index is 0.00000261. The number of nitrogens with zero attached hydrogens (tertiary/aromatic N) is 2. The van der Waals surface area contributed by atoms with E-state index in [1.54, 1.807) is 17.0 Å². The van der Waals surface area contributed by atoms with E-state index >= 15 is 0 Å². The quantitative estimate of drug-likeness (QED) is 0.739. The first-order valence-electron chi connectivity index (χ1n) is 8.94. The average Bonchev–Trinajstić information content (AvgIpc) is 2.67. The molecule has 27 heavy (non-hydrogen) atoms. The number of hydrogen-bond donors (Lipinski definition) is 1. The molecule has 2 aromatic rings. The third-order valence-electron chi connectivity index (χ3n) is 4.77. The summed E-state index contributed by atoms with van der Waals surface area (Å²) in [5.41, 5.74) is 0. The maximum absolute atomic E-state index is 12.9. The first kappa shape index (κ1) is 21.6. The summed E-state index contributed by atoms with van der Waals surface area (Å²) < 4.78 is 27.3. The van der Waals surface area contributed by atoms with Crippen molar-refractivity contribution in [1.29, 1.82) is 0 Å². The van der Waals surface area contributed by atoms with Crippen molar-refractivity contribution in [1.82, 2.24) is 14.5 Å². The van der Waals surface area contributed by atoms with Crippen molar-refractivity contribution < 1.29 is 13.2 Å². The van der Waals surface area contributed by atoms with Gasteiger partial charge in [0.1, 0.15) is 0 Å². The van der Waals surface area contributed by atoms with E-state index in [2.05, 4.69) is 5.32 Å². The molecule has 1 heterocycles. The highest BCUT2D eigenvalue weighted by atomic mass is 35.5. The number of sulfonamides is 1. The predicted molar refractivity (Wildman–Crippen MR) is 110 cm³/mol. The number of hydrogen-bond acceptors (Lipinski definition) is 4. The van der Waals surface area contributed by atoms with Crippen molar-refractivity contribution in [3.05, 3.63) is 42.5 Å². The molecular formula is C19H26ClN3O3S. The van der Waals surface area contributed by atoms with Crippen molar-refractivity contribution in [2.45, 2.75) is 17.7 Å². The average molecular weight is 412 g/mol. The Morgan fingerprint density at radius 3 is 2.37 bits per heavy atom. The highest BCUT2D eigenvalue weighted by Gasteiger charge is 2.29. The van der Waals surface area contributed by atoms with Crippen molar-refractivity contribution in [3.8, 4) is 0 Å². The molecule has 0 saturated carbocycles. The molecule has 148 valence electrons. The Morgan fingerprint density at radius 1 is 1.04 bits per heavy atom. The zero-order valence-corrected chi connectivity index (χ0v) is 17.1. The summed E-state index contributed by atoms with van der Waals surface area (Å²) in [5.74, 6) is 0.100. The van der Waals surface area contributed by atoms with Crippen LogP contribution in [0.25, 0.3) is 10.8 Å². The summed E-state index contributed by atoms with van der Waals surface area (Å²) in [6.45, 7) is 2.39. The lowest BCUT2D eigenvalue weighted by atomic mass is 10.1. The summed E-state index contributed by atoms with van der Waals surface area (Å²) in [6, 6.07) is 12.9. The lowest BCUT2D eigenvalue weighted by Gasteiger charge is -2.34. The first-order chi connectivity index (χ1) is 12.5.